The van der Waals surface area contributed by atoms with Gasteiger partial charge >= 0.3 is 0 Å². The number of hydrogen-bond acceptors (Lipinski definition) is 5. The number of hydrazine groups is 1. The summed E-state index contributed by atoms with van der Waals surface area (Å²) in [6.45, 7) is 0.743. The fourth-order valence-electron chi connectivity index (χ4n) is 0.847. The molecule has 66 valence electrons. The smallest absolute Gasteiger partial charge is 0.293 e. The SMILES string of the molecule is NNc1n[nH]cc1CCOC=O. The molecule has 0 unspecified atom stereocenters. The number of nitrogens with two attached hydrogens (primary N) is 1. The minimum absolute atomic E-state index is 0.331. The third-order valence-corrected chi connectivity index (χ3v) is 1.41. The van der Waals surface area contributed by atoms with E-state index in [-0.39, 0.29) is 0 Å². The summed E-state index contributed by atoms with van der Waals surface area (Å²) in [6.07, 6.45) is 2.29. The second-order valence-electron chi connectivity index (χ2n) is 2.12. The minimum Gasteiger partial charge on any atom is -0.468 e. The van der Waals surface area contributed by atoms with Crippen LogP contribution in [0.2, 0.25) is 0 Å². The summed E-state index contributed by atoms with van der Waals surface area (Å²) < 4.78 is 4.52. The molecule has 1 heterocycles. The summed E-state index contributed by atoms with van der Waals surface area (Å²) >= 11 is 0. The number of aromatic nitrogens is 2. The predicted octanol–water partition coefficient (Wildman–Crippen LogP) is -0.589. The number of anilines is 1. The van der Waals surface area contributed by atoms with Crippen molar-refractivity contribution in [1.29, 1.82) is 0 Å². The first-order chi connectivity index (χ1) is 5.88. The van der Waals surface area contributed by atoms with Crippen molar-refractivity contribution < 1.29 is 9.53 Å². The van der Waals surface area contributed by atoms with E-state index in [1.165, 1.54) is 0 Å². The molecule has 1 aromatic heterocycles. The molecule has 0 bridgehead atoms. The van der Waals surface area contributed by atoms with Crippen molar-refractivity contribution in [3.63, 3.8) is 0 Å². The standard InChI is InChI=1S/C6H10N4O2/c7-9-6-5(3-8-10-6)1-2-12-4-11/h3-4H,1-2,7H2,(H2,8,9,10). The number of hydrogen-bond donors (Lipinski definition) is 3. The first kappa shape index (κ1) is 8.54. The highest BCUT2D eigenvalue weighted by Crippen LogP contribution is 2.09. The van der Waals surface area contributed by atoms with E-state index in [1.54, 1.807) is 6.20 Å². The van der Waals surface area contributed by atoms with Gasteiger partial charge in [-0.25, -0.2) is 5.84 Å². The average Bonchev–Trinajstić information content (AvgIpc) is 2.52. The van der Waals surface area contributed by atoms with Gasteiger partial charge in [-0.2, -0.15) is 5.10 Å². The zero-order valence-corrected chi connectivity index (χ0v) is 6.41. The van der Waals surface area contributed by atoms with Crippen LogP contribution in [0.25, 0.3) is 0 Å². The molecule has 0 fully saturated rings. The summed E-state index contributed by atoms with van der Waals surface area (Å²) in [5.74, 6) is 5.73. The Labute approximate surface area is 69.1 Å². The van der Waals surface area contributed by atoms with Crippen LogP contribution in [0.5, 0.6) is 0 Å². The van der Waals surface area contributed by atoms with Gasteiger partial charge in [0, 0.05) is 18.2 Å². The normalized spacial score (nSPS) is 9.42. The van der Waals surface area contributed by atoms with Crippen LogP contribution in [-0.2, 0) is 16.0 Å². The van der Waals surface area contributed by atoms with Gasteiger partial charge in [-0.3, -0.25) is 9.89 Å². The molecular formula is C6H10N4O2. The molecule has 0 amide bonds. The van der Waals surface area contributed by atoms with Crippen LogP contribution in [0, 0.1) is 0 Å². The zero-order valence-electron chi connectivity index (χ0n) is 6.41. The second kappa shape index (κ2) is 4.35. The number of H-pyrrole nitrogens is 1. The molecule has 0 saturated carbocycles. The molecule has 0 spiro atoms. The minimum atomic E-state index is 0.331. The number of nitrogens with zero attached hydrogens (tertiary/aromatic N) is 1. The fraction of sp³-hybridized carbons (Fsp3) is 0.333. The molecule has 0 radical (unpaired) electrons. The molecule has 0 aliphatic rings. The molecular weight excluding hydrogens is 160 g/mol. The van der Waals surface area contributed by atoms with Gasteiger partial charge in [0.25, 0.3) is 6.47 Å². The summed E-state index contributed by atoms with van der Waals surface area (Å²) in [7, 11) is 0. The highest BCUT2D eigenvalue weighted by molar-refractivity contribution is 5.41. The Bertz CT molecular complexity index is 247. The zero-order chi connectivity index (χ0) is 8.81. The van der Waals surface area contributed by atoms with Gasteiger partial charge in [0.2, 0.25) is 0 Å². The van der Waals surface area contributed by atoms with Crippen LogP contribution in [0.3, 0.4) is 0 Å². The van der Waals surface area contributed by atoms with Gasteiger partial charge in [-0.15, -0.1) is 0 Å². The number of nitrogen functional groups attached to an aromatic ring is 1. The first-order valence-corrected chi connectivity index (χ1v) is 3.43. The van der Waals surface area contributed by atoms with Crippen molar-refractivity contribution in [1.82, 2.24) is 10.2 Å². The molecule has 0 aliphatic heterocycles. The molecule has 0 aliphatic carbocycles. The van der Waals surface area contributed by atoms with E-state index in [2.05, 4.69) is 20.4 Å². The van der Waals surface area contributed by atoms with E-state index in [4.69, 9.17) is 5.84 Å². The molecule has 1 rings (SSSR count). The maximum Gasteiger partial charge on any atom is 0.293 e. The van der Waals surface area contributed by atoms with E-state index in [0.717, 1.165) is 5.56 Å². The Morgan fingerprint density at radius 2 is 2.67 bits per heavy atom. The number of ether oxygens (including phenoxy) is 1. The maximum absolute atomic E-state index is 9.80. The maximum atomic E-state index is 9.80. The number of nitrogens with one attached hydrogen (secondary N) is 2. The third kappa shape index (κ3) is 1.96. The Kier molecular flexibility index (Phi) is 3.09. The molecule has 0 saturated heterocycles. The van der Waals surface area contributed by atoms with Crippen LogP contribution in [0.1, 0.15) is 5.56 Å². The average molecular weight is 170 g/mol. The van der Waals surface area contributed by atoms with E-state index >= 15 is 0 Å². The van der Waals surface area contributed by atoms with Gasteiger partial charge in [0.1, 0.15) is 0 Å². The number of rotatable bonds is 5. The van der Waals surface area contributed by atoms with Crippen LogP contribution >= 0.6 is 0 Å². The number of aromatic amines is 1. The Balaban J connectivity index is 2.44. The van der Waals surface area contributed by atoms with E-state index in [0.29, 0.717) is 25.3 Å². The second-order valence-corrected chi connectivity index (χ2v) is 2.12. The van der Waals surface area contributed by atoms with Crippen molar-refractivity contribution in [3.8, 4) is 0 Å². The van der Waals surface area contributed by atoms with Gasteiger partial charge in [0.05, 0.1) is 6.61 Å². The lowest BCUT2D eigenvalue weighted by Crippen LogP contribution is -2.09. The van der Waals surface area contributed by atoms with Crippen molar-refractivity contribution in [2.24, 2.45) is 5.84 Å². The summed E-state index contributed by atoms with van der Waals surface area (Å²) in [6, 6.07) is 0. The topological polar surface area (TPSA) is 93.0 Å². The number of carbonyl (C=O) groups excluding carboxylic acids is 1. The first-order valence-electron chi connectivity index (χ1n) is 3.43. The van der Waals surface area contributed by atoms with Gasteiger partial charge < -0.3 is 10.2 Å². The third-order valence-electron chi connectivity index (χ3n) is 1.41. The van der Waals surface area contributed by atoms with Crippen molar-refractivity contribution >= 4 is 12.3 Å². The fourth-order valence-corrected chi connectivity index (χ4v) is 0.847. The van der Waals surface area contributed by atoms with Gasteiger partial charge in [-0.1, -0.05) is 0 Å². The van der Waals surface area contributed by atoms with Gasteiger partial charge in [0.15, 0.2) is 5.82 Å². The van der Waals surface area contributed by atoms with Crippen molar-refractivity contribution in [3.05, 3.63) is 11.8 Å². The quantitative estimate of drug-likeness (QED) is 0.238. The van der Waals surface area contributed by atoms with Crippen LogP contribution < -0.4 is 11.3 Å². The number of carbonyl (C=O) groups is 1. The van der Waals surface area contributed by atoms with Crippen molar-refractivity contribution in [2.45, 2.75) is 6.42 Å². The highest BCUT2D eigenvalue weighted by Gasteiger charge is 2.02. The van der Waals surface area contributed by atoms with Crippen LogP contribution in [0.15, 0.2) is 6.20 Å². The summed E-state index contributed by atoms with van der Waals surface area (Å²) in [4.78, 5) is 9.80. The molecule has 0 atom stereocenters. The lowest BCUT2D eigenvalue weighted by molar-refractivity contribution is -0.128. The predicted molar refractivity (Wildman–Crippen MR) is 42.1 cm³/mol. The lowest BCUT2D eigenvalue weighted by Gasteiger charge is -1.99. The Hall–Kier alpha value is -1.56. The van der Waals surface area contributed by atoms with E-state index < -0.39 is 0 Å². The Morgan fingerprint density at radius 1 is 1.83 bits per heavy atom. The highest BCUT2D eigenvalue weighted by atomic mass is 16.5. The molecule has 1 aromatic rings. The van der Waals surface area contributed by atoms with E-state index in [9.17, 15) is 4.79 Å². The van der Waals surface area contributed by atoms with Gasteiger partial charge in [-0.05, 0) is 0 Å². The monoisotopic (exact) mass is 170 g/mol. The van der Waals surface area contributed by atoms with Crippen LogP contribution in [0.4, 0.5) is 5.82 Å². The molecule has 12 heavy (non-hydrogen) atoms. The molecule has 4 N–H and O–H groups in total. The molecule has 6 nitrogen and oxygen atoms in total. The largest absolute Gasteiger partial charge is 0.468 e. The lowest BCUT2D eigenvalue weighted by atomic mass is 10.2. The molecule has 6 heteroatoms. The molecule has 0 aromatic carbocycles. The van der Waals surface area contributed by atoms with E-state index in [1.807, 2.05) is 0 Å². The summed E-state index contributed by atoms with van der Waals surface area (Å²) in [5, 5.41) is 6.45. The summed E-state index contributed by atoms with van der Waals surface area (Å²) in [5.41, 5.74) is 3.30. The van der Waals surface area contributed by atoms with Crippen molar-refractivity contribution in [2.75, 3.05) is 12.0 Å². The Morgan fingerprint density at radius 3 is 3.33 bits per heavy atom. The van der Waals surface area contributed by atoms with Crippen LogP contribution in [-0.4, -0.2) is 23.3 Å².